The number of carbonyl (C=O) groups is 4. The second kappa shape index (κ2) is 15.2. The van der Waals surface area contributed by atoms with Gasteiger partial charge in [0.25, 0.3) is 0 Å². The van der Waals surface area contributed by atoms with Crippen molar-refractivity contribution in [1.82, 2.24) is 25.5 Å². The summed E-state index contributed by atoms with van der Waals surface area (Å²) in [6.07, 6.45) is 2.19. The number of thiazole rings is 1. The van der Waals surface area contributed by atoms with Crippen LogP contribution in [0, 0.1) is 23.2 Å². The lowest BCUT2D eigenvalue weighted by molar-refractivity contribution is -0.146. The third kappa shape index (κ3) is 8.07. The zero-order chi connectivity index (χ0) is 40.3. The number of hydrogen-bond donors (Lipinski definition) is 4. The molecule has 56 heavy (non-hydrogen) atoms. The molecule has 4 N–H and O–H groups in total. The molecule has 14 nitrogen and oxygen atoms in total. The fraction of sp³-hybridized carbons (Fsp3) is 0.600. The normalized spacial score (nSPS) is 27.1. The molecule has 1 saturated heterocycles. The van der Waals surface area contributed by atoms with Gasteiger partial charge in [0, 0.05) is 30.0 Å². The molecule has 0 spiro atoms. The van der Waals surface area contributed by atoms with Crippen molar-refractivity contribution < 1.29 is 38.5 Å². The highest BCUT2D eigenvalue weighted by molar-refractivity contribution is 7.20. The van der Waals surface area contributed by atoms with Gasteiger partial charge in [-0.2, -0.15) is 0 Å². The number of anilines is 1. The van der Waals surface area contributed by atoms with Gasteiger partial charge in [-0.05, 0) is 74.8 Å². The van der Waals surface area contributed by atoms with Gasteiger partial charge in [-0.1, -0.05) is 57.1 Å². The Morgan fingerprint density at radius 2 is 1.80 bits per heavy atom. The molecule has 0 bridgehead atoms. The number of aliphatic carboxylic acids is 1. The number of methoxy groups -OCH3 is 1. The molecule has 3 aromatic rings. The Kier molecular flexibility index (Phi) is 10.8. The van der Waals surface area contributed by atoms with Crippen molar-refractivity contribution in [1.29, 1.82) is 0 Å². The molecule has 0 radical (unpaired) electrons. The summed E-state index contributed by atoms with van der Waals surface area (Å²) in [4.78, 5) is 65.5. The number of pyridine rings is 1. The Morgan fingerprint density at radius 1 is 1.07 bits per heavy atom. The number of aromatic nitrogens is 2. The SMILES string of the molecule is CCC1C[C@]1(NC(=O)[C@@H]1C[C@@H](Oc2cc(-c3nc(NC(C)C)sc3Cl)nc3cc(OC)ccc23)CN1C(=O)[C@@H](NC(=O)OC1C[C@@H]2C[C@@H]2C1)C(C)(C)C)C(=O)O. The number of nitrogens with one attached hydrogen (secondary N) is 3. The van der Waals surface area contributed by atoms with Gasteiger partial charge in [-0.25, -0.2) is 19.6 Å². The highest BCUT2D eigenvalue weighted by Gasteiger charge is 2.61. The molecule has 2 aromatic heterocycles. The second-order valence-corrected chi connectivity index (χ2v) is 18.7. The predicted octanol–water partition coefficient (Wildman–Crippen LogP) is 6.50. The Labute approximate surface area is 335 Å². The molecule has 1 aromatic carbocycles. The molecule has 7 rings (SSSR count). The summed E-state index contributed by atoms with van der Waals surface area (Å²) >= 11 is 8.00. The summed E-state index contributed by atoms with van der Waals surface area (Å²) in [6.45, 7) is 11.4. The average molecular weight is 811 g/mol. The molecule has 8 atom stereocenters. The number of ether oxygens (including phenoxy) is 3. The number of halogens is 1. The number of nitrogens with zero attached hydrogens (tertiary/aromatic N) is 3. The minimum absolute atomic E-state index is 0.0152. The number of carbonyl (C=O) groups excluding carboxylic acids is 3. The highest BCUT2D eigenvalue weighted by atomic mass is 35.5. The largest absolute Gasteiger partial charge is 0.497 e. The molecule has 2 unspecified atom stereocenters. The van der Waals surface area contributed by atoms with Gasteiger partial charge >= 0.3 is 12.1 Å². The van der Waals surface area contributed by atoms with Crippen LogP contribution >= 0.6 is 22.9 Å². The first-order valence-electron chi connectivity index (χ1n) is 19.4. The van der Waals surface area contributed by atoms with Crippen LogP contribution in [0.5, 0.6) is 11.5 Å². The van der Waals surface area contributed by atoms with Crippen LogP contribution in [0.3, 0.4) is 0 Å². The van der Waals surface area contributed by atoms with E-state index >= 15 is 0 Å². The van der Waals surface area contributed by atoms with E-state index in [1.807, 2.05) is 47.6 Å². The van der Waals surface area contributed by atoms with E-state index < -0.39 is 53.0 Å². The molecule has 3 heterocycles. The molecule has 4 fully saturated rings. The van der Waals surface area contributed by atoms with Gasteiger partial charge in [-0.15, -0.1) is 0 Å². The van der Waals surface area contributed by atoms with Crippen molar-refractivity contribution >= 4 is 62.8 Å². The minimum atomic E-state index is -1.40. The van der Waals surface area contributed by atoms with Crippen LogP contribution in [0.1, 0.15) is 80.1 Å². The molecule has 16 heteroatoms. The van der Waals surface area contributed by atoms with Gasteiger partial charge in [0.2, 0.25) is 11.8 Å². The summed E-state index contributed by atoms with van der Waals surface area (Å²) < 4.78 is 18.4. The minimum Gasteiger partial charge on any atom is -0.497 e. The summed E-state index contributed by atoms with van der Waals surface area (Å²) in [6, 6.07) is 5.12. The molecule has 302 valence electrons. The smallest absolute Gasteiger partial charge is 0.408 e. The van der Waals surface area contributed by atoms with E-state index in [1.165, 1.54) is 22.7 Å². The fourth-order valence-electron chi connectivity index (χ4n) is 8.31. The standard InChI is InChI=1S/C40H51ClN6O8S/c1-8-22-17-40(22,36(50)51)46-34(48)29-15-25(18-47(29)35(49)32(39(4,5)6)45-38(52)55-24-12-20-11-21(20)13-24)54-30-16-28(31-33(41)56-37(44-31)42-19(2)3)43-27-14-23(53-7)9-10-26(27)30/h9-10,14,16,19-22,24-25,29,32H,8,11-13,15,17-18H2,1-7H3,(H,42,44)(H,45,52)(H,46,48)(H,50,51)/t20-,21+,22?,24?,25-,29+,32-,40-/m1/s1. The van der Waals surface area contributed by atoms with E-state index in [0.29, 0.717) is 67.9 Å². The highest BCUT2D eigenvalue weighted by Crippen LogP contribution is 2.52. The lowest BCUT2D eigenvalue weighted by Crippen LogP contribution is -2.59. The molecule has 3 amide bonds. The lowest BCUT2D eigenvalue weighted by Gasteiger charge is -2.35. The predicted molar refractivity (Wildman–Crippen MR) is 212 cm³/mol. The van der Waals surface area contributed by atoms with Crippen molar-refractivity contribution in [2.45, 2.75) is 116 Å². The van der Waals surface area contributed by atoms with Gasteiger partial charge in [0.1, 0.15) is 51.4 Å². The fourth-order valence-corrected chi connectivity index (χ4v) is 9.52. The number of rotatable bonds is 13. The number of carboxylic acid groups (broad SMARTS) is 1. The lowest BCUT2D eigenvalue weighted by atomic mass is 9.85. The second-order valence-electron chi connectivity index (χ2n) is 17.1. The third-order valence-corrected chi connectivity index (χ3v) is 12.7. The van der Waals surface area contributed by atoms with E-state index in [-0.39, 0.29) is 31.0 Å². The van der Waals surface area contributed by atoms with Crippen molar-refractivity contribution in [3.63, 3.8) is 0 Å². The maximum atomic E-state index is 14.7. The summed E-state index contributed by atoms with van der Waals surface area (Å²) in [7, 11) is 1.56. The number of amides is 3. The van der Waals surface area contributed by atoms with Crippen LogP contribution in [0.2, 0.25) is 4.34 Å². The first-order valence-corrected chi connectivity index (χ1v) is 20.6. The maximum Gasteiger partial charge on any atom is 0.408 e. The Balaban J connectivity index is 1.20. The summed E-state index contributed by atoms with van der Waals surface area (Å²) in [5.74, 6) is -0.205. The Morgan fingerprint density at radius 3 is 2.43 bits per heavy atom. The van der Waals surface area contributed by atoms with Gasteiger partial charge in [0.05, 0.1) is 24.9 Å². The van der Waals surface area contributed by atoms with E-state index in [4.69, 9.17) is 35.8 Å². The Bertz CT molecular complexity index is 2030. The number of hydrogen-bond acceptors (Lipinski definition) is 11. The third-order valence-electron chi connectivity index (χ3n) is 11.5. The Hall–Kier alpha value is -4.37. The van der Waals surface area contributed by atoms with Gasteiger partial charge in [0.15, 0.2) is 5.13 Å². The molecular weight excluding hydrogens is 760 g/mol. The van der Waals surface area contributed by atoms with Crippen LogP contribution in [-0.4, -0.2) is 93.4 Å². The molecule has 1 aliphatic heterocycles. The van der Waals surface area contributed by atoms with E-state index in [1.54, 1.807) is 25.3 Å². The first-order chi connectivity index (χ1) is 26.5. The number of fused-ring (bicyclic) bond motifs is 2. The molecule has 3 aliphatic carbocycles. The van der Waals surface area contributed by atoms with Gasteiger partial charge in [-0.3, -0.25) is 9.59 Å². The molecular formula is C40H51ClN6O8S. The van der Waals surface area contributed by atoms with Crippen LogP contribution in [0.4, 0.5) is 9.93 Å². The van der Waals surface area contributed by atoms with Crippen LogP contribution < -0.4 is 25.4 Å². The molecule has 4 aliphatic rings. The van der Waals surface area contributed by atoms with Crippen molar-refractivity contribution in [3.8, 4) is 22.9 Å². The van der Waals surface area contributed by atoms with Crippen molar-refractivity contribution in [3.05, 3.63) is 28.6 Å². The quantitative estimate of drug-likeness (QED) is 0.148. The summed E-state index contributed by atoms with van der Waals surface area (Å²) in [5, 5.41) is 20.4. The van der Waals surface area contributed by atoms with Crippen LogP contribution in [0.15, 0.2) is 24.3 Å². The number of likely N-dealkylation sites (tertiary alicyclic amines) is 1. The molecule has 3 saturated carbocycles. The van der Waals surface area contributed by atoms with Crippen molar-refractivity contribution in [2.24, 2.45) is 23.2 Å². The number of alkyl carbamates (subject to hydrolysis) is 1. The van der Waals surface area contributed by atoms with E-state index in [9.17, 15) is 24.3 Å². The van der Waals surface area contributed by atoms with Gasteiger partial charge < -0.3 is 40.2 Å². The average Bonchev–Trinajstić information content (AvgIpc) is 3.86. The summed E-state index contributed by atoms with van der Waals surface area (Å²) in [5.41, 5.74) is -0.706. The van der Waals surface area contributed by atoms with Crippen molar-refractivity contribution in [2.75, 3.05) is 19.0 Å². The van der Waals surface area contributed by atoms with Crippen LogP contribution in [-0.2, 0) is 19.1 Å². The zero-order valence-corrected chi connectivity index (χ0v) is 34.4. The van der Waals surface area contributed by atoms with Crippen LogP contribution in [0.25, 0.3) is 22.3 Å². The number of benzene rings is 1. The first kappa shape index (κ1) is 39.8. The topological polar surface area (TPSA) is 181 Å². The maximum absolute atomic E-state index is 14.7. The monoisotopic (exact) mass is 810 g/mol. The van der Waals surface area contributed by atoms with E-state index in [2.05, 4.69) is 16.0 Å². The zero-order valence-electron chi connectivity index (χ0n) is 32.8. The number of carboxylic acids is 1. The van der Waals surface area contributed by atoms with E-state index in [0.717, 1.165) is 12.8 Å².